The average molecular weight is 379 g/mol. The number of halogens is 1. The van der Waals surface area contributed by atoms with E-state index in [0.717, 1.165) is 9.71 Å². The van der Waals surface area contributed by atoms with Gasteiger partial charge in [0, 0.05) is 5.02 Å². The van der Waals surface area contributed by atoms with Gasteiger partial charge in [0.25, 0.3) is 15.9 Å². The Morgan fingerprint density at radius 1 is 1.20 bits per heavy atom. The van der Waals surface area contributed by atoms with Gasteiger partial charge in [-0.3, -0.25) is 9.10 Å². The first kappa shape index (κ1) is 17.3. The van der Waals surface area contributed by atoms with Crippen LogP contribution in [0.1, 0.15) is 5.56 Å². The number of anilines is 1. The predicted octanol–water partition coefficient (Wildman–Crippen LogP) is 2.39. The number of ether oxygens (including phenoxy) is 1. The van der Waals surface area contributed by atoms with Gasteiger partial charge in [0.15, 0.2) is 6.10 Å². The number of carbonyl (C=O) groups is 1. The summed E-state index contributed by atoms with van der Waals surface area (Å²) in [5.41, 5.74) is 6.34. The SMILES string of the molecule is NC(=O)[C@@H]1CN(S(=O)(=O)/C=C/c2ccc(Cl)cc2)c2ccccc2O1. The lowest BCUT2D eigenvalue weighted by atomic mass is 10.2. The van der Waals surface area contributed by atoms with E-state index in [-0.39, 0.29) is 6.54 Å². The molecule has 0 bridgehead atoms. The Labute approximate surface area is 150 Å². The average Bonchev–Trinajstić information content (AvgIpc) is 2.60. The highest BCUT2D eigenvalue weighted by Gasteiger charge is 2.34. The van der Waals surface area contributed by atoms with Crippen LogP contribution < -0.4 is 14.8 Å². The second-order valence-corrected chi connectivity index (χ2v) is 7.59. The van der Waals surface area contributed by atoms with Gasteiger partial charge in [0.2, 0.25) is 0 Å². The predicted molar refractivity (Wildman–Crippen MR) is 96.8 cm³/mol. The van der Waals surface area contributed by atoms with E-state index in [2.05, 4.69) is 0 Å². The fraction of sp³-hybridized carbons (Fsp3) is 0.118. The van der Waals surface area contributed by atoms with Crippen LogP contribution >= 0.6 is 11.6 Å². The van der Waals surface area contributed by atoms with Crippen molar-refractivity contribution in [1.82, 2.24) is 0 Å². The maximum Gasteiger partial charge on any atom is 0.260 e. The Bertz CT molecular complexity index is 926. The largest absolute Gasteiger partial charge is 0.476 e. The Hall–Kier alpha value is -2.51. The Balaban J connectivity index is 1.95. The lowest BCUT2D eigenvalue weighted by Gasteiger charge is -2.33. The van der Waals surface area contributed by atoms with Crippen LogP contribution in [0.5, 0.6) is 5.75 Å². The fourth-order valence-electron chi connectivity index (χ4n) is 2.40. The number of nitrogens with two attached hydrogens (primary N) is 1. The molecule has 0 spiro atoms. The number of carbonyl (C=O) groups excluding carboxylic acids is 1. The molecule has 25 heavy (non-hydrogen) atoms. The molecule has 1 atom stereocenters. The summed E-state index contributed by atoms with van der Waals surface area (Å²) in [5.74, 6) is -0.433. The molecule has 0 radical (unpaired) electrons. The van der Waals surface area contributed by atoms with Gasteiger partial charge in [-0.25, -0.2) is 8.42 Å². The molecule has 6 nitrogen and oxygen atoms in total. The highest BCUT2D eigenvalue weighted by Crippen LogP contribution is 2.35. The lowest BCUT2D eigenvalue weighted by molar-refractivity contribution is -0.124. The summed E-state index contributed by atoms with van der Waals surface area (Å²) in [6.45, 7) is -0.181. The van der Waals surface area contributed by atoms with E-state index in [1.54, 1.807) is 48.5 Å². The number of primary amides is 1. The molecule has 2 aromatic carbocycles. The van der Waals surface area contributed by atoms with Crippen LogP contribution in [0.15, 0.2) is 53.9 Å². The molecule has 130 valence electrons. The minimum atomic E-state index is -3.84. The first-order chi connectivity index (χ1) is 11.9. The van der Waals surface area contributed by atoms with E-state index in [1.807, 2.05) is 0 Å². The fourth-order valence-corrected chi connectivity index (χ4v) is 3.77. The number of fused-ring (bicyclic) bond motifs is 1. The van der Waals surface area contributed by atoms with Gasteiger partial charge in [0.1, 0.15) is 5.75 Å². The molecule has 0 fully saturated rings. The normalized spacial score (nSPS) is 17.2. The van der Waals surface area contributed by atoms with E-state index in [9.17, 15) is 13.2 Å². The van der Waals surface area contributed by atoms with Crippen molar-refractivity contribution in [3.05, 3.63) is 64.5 Å². The number of amides is 1. The number of nitrogens with zero attached hydrogens (tertiary/aromatic N) is 1. The van der Waals surface area contributed by atoms with Gasteiger partial charge in [-0.05, 0) is 35.9 Å². The molecule has 2 aromatic rings. The molecule has 1 aliphatic heterocycles. The molecule has 3 rings (SSSR count). The first-order valence-electron chi connectivity index (χ1n) is 7.38. The molecule has 0 unspecified atom stereocenters. The van der Waals surface area contributed by atoms with Crippen LogP contribution in [-0.4, -0.2) is 27.0 Å². The van der Waals surface area contributed by atoms with Crippen molar-refractivity contribution in [3.8, 4) is 5.75 Å². The van der Waals surface area contributed by atoms with Crippen molar-refractivity contribution in [2.45, 2.75) is 6.10 Å². The van der Waals surface area contributed by atoms with E-state index in [1.165, 1.54) is 6.08 Å². The molecule has 0 saturated heterocycles. The third-order valence-corrected chi connectivity index (χ3v) is 5.35. The molecule has 8 heteroatoms. The lowest BCUT2D eigenvalue weighted by Crippen LogP contribution is -2.48. The van der Waals surface area contributed by atoms with Gasteiger partial charge >= 0.3 is 0 Å². The number of para-hydroxylation sites is 2. The topological polar surface area (TPSA) is 89.7 Å². The Kier molecular flexibility index (Phi) is 4.69. The quantitative estimate of drug-likeness (QED) is 0.884. The third-order valence-electron chi connectivity index (χ3n) is 3.66. The number of hydrogen-bond donors (Lipinski definition) is 1. The van der Waals surface area contributed by atoms with Crippen LogP contribution in [0, 0.1) is 0 Å². The molecule has 0 aromatic heterocycles. The minimum absolute atomic E-state index is 0.181. The van der Waals surface area contributed by atoms with Gasteiger partial charge in [-0.1, -0.05) is 35.9 Å². The van der Waals surface area contributed by atoms with E-state index >= 15 is 0 Å². The number of sulfonamides is 1. The third kappa shape index (κ3) is 3.78. The van der Waals surface area contributed by atoms with Crippen LogP contribution in [0.2, 0.25) is 5.02 Å². The highest BCUT2D eigenvalue weighted by molar-refractivity contribution is 7.95. The maximum atomic E-state index is 12.8. The summed E-state index contributed by atoms with van der Waals surface area (Å²) in [6.07, 6.45) is 0.414. The van der Waals surface area contributed by atoms with Crippen molar-refractivity contribution in [2.75, 3.05) is 10.8 Å². The summed E-state index contributed by atoms with van der Waals surface area (Å²) < 4.78 is 32.1. The first-order valence-corrected chi connectivity index (χ1v) is 9.26. The number of rotatable bonds is 4. The molecule has 1 aliphatic rings. The zero-order valence-electron chi connectivity index (χ0n) is 13.0. The molecule has 1 heterocycles. The van der Waals surface area contributed by atoms with E-state index < -0.39 is 22.0 Å². The van der Waals surface area contributed by atoms with Crippen LogP contribution in [0.4, 0.5) is 5.69 Å². The van der Waals surface area contributed by atoms with Gasteiger partial charge in [-0.2, -0.15) is 0 Å². The van der Waals surface area contributed by atoms with Crippen molar-refractivity contribution >= 4 is 39.3 Å². The van der Waals surface area contributed by atoms with Crippen molar-refractivity contribution < 1.29 is 17.9 Å². The Morgan fingerprint density at radius 2 is 1.88 bits per heavy atom. The van der Waals surface area contributed by atoms with Crippen LogP contribution in [0.25, 0.3) is 6.08 Å². The number of benzene rings is 2. The van der Waals surface area contributed by atoms with Gasteiger partial charge in [0.05, 0.1) is 17.6 Å². The van der Waals surface area contributed by atoms with Crippen molar-refractivity contribution in [3.63, 3.8) is 0 Å². The smallest absolute Gasteiger partial charge is 0.260 e. The standard InChI is InChI=1S/C17H15ClN2O4S/c18-13-7-5-12(6-8-13)9-10-25(22,23)20-11-16(17(19)21)24-15-4-2-1-3-14(15)20/h1-10,16H,11H2,(H2,19,21)/b10-9+/t16-/m0/s1. The maximum absolute atomic E-state index is 12.8. The summed E-state index contributed by atoms with van der Waals surface area (Å²) in [5, 5.41) is 1.64. The van der Waals surface area contributed by atoms with E-state index in [0.29, 0.717) is 22.0 Å². The summed E-state index contributed by atoms with van der Waals surface area (Å²) in [4.78, 5) is 11.5. The molecule has 2 N–H and O–H groups in total. The molecule has 0 aliphatic carbocycles. The molecular formula is C17H15ClN2O4S. The molecular weight excluding hydrogens is 364 g/mol. The summed E-state index contributed by atoms with van der Waals surface area (Å²) in [6, 6.07) is 13.3. The summed E-state index contributed by atoms with van der Waals surface area (Å²) >= 11 is 5.82. The van der Waals surface area contributed by atoms with Crippen LogP contribution in [-0.2, 0) is 14.8 Å². The monoisotopic (exact) mass is 378 g/mol. The van der Waals surface area contributed by atoms with Crippen molar-refractivity contribution in [1.29, 1.82) is 0 Å². The number of hydrogen-bond acceptors (Lipinski definition) is 4. The zero-order valence-corrected chi connectivity index (χ0v) is 14.6. The summed E-state index contributed by atoms with van der Waals surface area (Å²) in [7, 11) is -3.84. The second-order valence-electron chi connectivity index (χ2n) is 5.41. The van der Waals surface area contributed by atoms with Crippen molar-refractivity contribution in [2.24, 2.45) is 5.73 Å². The molecule has 1 amide bonds. The minimum Gasteiger partial charge on any atom is -0.476 e. The highest BCUT2D eigenvalue weighted by atomic mass is 35.5. The van der Waals surface area contributed by atoms with E-state index in [4.69, 9.17) is 22.1 Å². The van der Waals surface area contributed by atoms with Crippen LogP contribution in [0.3, 0.4) is 0 Å². The molecule has 0 saturated carbocycles. The van der Waals surface area contributed by atoms with Gasteiger partial charge < -0.3 is 10.5 Å². The van der Waals surface area contributed by atoms with Gasteiger partial charge in [-0.15, -0.1) is 0 Å². The second kappa shape index (κ2) is 6.78. The zero-order chi connectivity index (χ0) is 18.0. The Morgan fingerprint density at radius 3 is 2.56 bits per heavy atom.